The molecule has 0 spiro atoms. The van der Waals surface area contributed by atoms with Crippen LogP contribution >= 0.6 is 23.2 Å². The molecule has 1 heterocycles. The van der Waals surface area contributed by atoms with Crippen LogP contribution in [-0.2, 0) is 0 Å². The Morgan fingerprint density at radius 3 is 2.57 bits per heavy atom. The number of hydrogen-bond donors (Lipinski definition) is 2. The zero-order chi connectivity index (χ0) is 15.2. The molecule has 0 amide bonds. The van der Waals surface area contributed by atoms with Crippen molar-refractivity contribution in [3.63, 3.8) is 0 Å². The quantitative estimate of drug-likeness (QED) is 0.841. The predicted molar refractivity (Wildman–Crippen MR) is 84.9 cm³/mol. The van der Waals surface area contributed by atoms with Crippen LogP contribution in [0.15, 0.2) is 18.2 Å². The number of anilines is 3. The zero-order valence-corrected chi connectivity index (χ0v) is 13.2. The maximum Gasteiger partial charge on any atom is 0.323 e. The van der Waals surface area contributed by atoms with Crippen LogP contribution in [0.2, 0.25) is 10.0 Å². The van der Waals surface area contributed by atoms with Crippen LogP contribution in [-0.4, -0.2) is 28.6 Å². The summed E-state index contributed by atoms with van der Waals surface area (Å²) in [6.45, 7) is 2.54. The van der Waals surface area contributed by atoms with Gasteiger partial charge in [-0.15, -0.1) is 0 Å². The van der Waals surface area contributed by atoms with Crippen molar-refractivity contribution in [3.8, 4) is 6.01 Å². The molecule has 1 aromatic heterocycles. The molecule has 2 aromatic rings. The van der Waals surface area contributed by atoms with Gasteiger partial charge in [-0.3, -0.25) is 0 Å². The highest BCUT2D eigenvalue weighted by Gasteiger charge is 2.09. The molecule has 0 fully saturated rings. The number of nitrogens with zero attached hydrogens (tertiary/aromatic N) is 3. The molecule has 2 N–H and O–H groups in total. The average molecular weight is 328 g/mol. The molecule has 2 rings (SSSR count). The number of nitrogens with one attached hydrogen (secondary N) is 2. The van der Waals surface area contributed by atoms with E-state index in [1.54, 1.807) is 25.2 Å². The van der Waals surface area contributed by atoms with E-state index in [9.17, 15) is 0 Å². The van der Waals surface area contributed by atoms with Crippen LogP contribution in [0, 0.1) is 0 Å². The van der Waals surface area contributed by atoms with Gasteiger partial charge in [0.05, 0.1) is 17.3 Å². The van der Waals surface area contributed by atoms with E-state index in [0.717, 1.165) is 6.42 Å². The number of halogens is 2. The van der Waals surface area contributed by atoms with Gasteiger partial charge in [0.2, 0.25) is 11.9 Å². The van der Waals surface area contributed by atoms with E-state index in [1.807, 2.05) is 6.92 Å². The maximum atomic E-state index is 6.11. The summed E-state index contributed by atoms with van der Waals surface area (Å²) in [7, 11) is 1.72. The van der Waals surface area contributed by atoms with Crippen LogP contribution in [0.25, 0.3) is 0 Å². The summed E-state index contributed by atoms with van der Waals surface area (Å²) in [6, 6.07) is 5.37. The summed E-state index contributed by atoms with van der Waals surface area (Å²) in [5.74, 6) is 0.744. The number of benzene rings is 1. The van der Waals surface area contributed by atoms with Crippen LogP contribution in [0.3, 0.4) is 0 Å². The van der Waals surface area contributed by atoms with Gasteiger partial charge in [-0.25, -0.2) is 0 Å². The molecule has 0 saturated heterocycles. The van der Waals surface area contributed by atoms with Gasteiger partial charge in [0.1, 0.15) is 0 Å². The Balaban J connectivity index is 2.25. The van der Waals surface area contributed by atoms with E-state index in [1.165, 1.54) is 0 Å². The maximum absolute atomic E-state index is 6.11. The Morgan fingerprint density at radius 1 is 1.14 bits per heavy atom. The molecule has 21 heavy (non-hydrogen) atoms. The van der Waals surface area contributed by atoms with Crippen molar-refractivity contribution < 1.29 is 4.74 Å². The molecule has 0 bridgehead atoms. The third-order valence-corrected chi connectivity index (χ3v) is 3.00. The van der Waals surface area contributed by atoms with Gasteiger partial charge in [-0.05, 0) is 24.6 Å². The first-order chi connectivity index (χ1) is 10.1. The SMILES string of the molecule is CCCOc1nc(NC)nc(Nc2ccc(Cl)cc2Cl)n1. The minimum absolute atomic E-state index is 0.254. The number of hydrogen-bond acceptors (Lipinski definition) is 6. The van der Waals surface area contributed by atoms with Crippen molar-refractivity contribution >= 4 is 40.8 Å². The largest absolute Gasteiger partial charge is 0.463 e. The molecule has 0 aliphatic carbocycles. The molecule has 0 radical (unpaired) electrons. The normalized spacial score (nSPS) is 10.3. The second-order valence-electron chi connectivity index (χ2n) is 4.11. The predicted octanol–water partition coefficient (Wildman–Crippen LogP) is 3.75. The first-order valence-corrected chi connectivity index (χ1v) is 7.16. The van der Waals surface area contributed by atoms with Crippen molar-refractivity contribution in [2.45, 2.75) is 13.3 Å². The second kappa shape index (κ2) is 7.28. The topological polar surface area (TPSA) is 72.0 Å². The fourth-order valence-electron chi connectivity index (χ4n) is 1.49. The van der Waals surface area contributed by atoms with Gasteiger partial charge in [-0.2, -0.15) is 15.0 Å². The third-order valence-electron chi connectivity index (χ3n) is 2.45. The highest BCUT2D eigenvalue weighted by Crippen LogP contribution is 2.27. The molecule has 0 saturated carbocycles. The minimum atomic E-state index is 0.254. The van der Waals surface area contributed by atoms with E-state index < -0.39 is 0 Å². The molecule has 1 aromatic carbocycles. The monoisotopic (exact) mass is 327 g/mol. The van der Waals surface area contributed by atoms with Crippen LogP contribution in [0.1, 0.15) is 13.3 Å². The summed E-state index contributed by atoms with van der Waals surface area (Å²) in [5.41, 5.74) is 0.649. The van der Waals surface area contributed by atoms with Gasteiger partial charge in [-0.1, -0.05) is 30.1 Å². The lowest BCUT2D eigenvalue weighted by Gasteiger charge is -2.10. The summed E-state index contributed by atoms with van der Waals surface area (Å²) >= 11 is 12.0. The van der Waals surface area contributed by atoms with E-state index in [4.69, 9.17) is 27.9 Å². The first kappa shape index (κ1) is 15.6. The molecule has 0 atom stereocenters. The van der Waals surface area contributed by atoms with E-state index >= 15 is 0 Å². The Morgan fingerprint density at radius 2 is 1.90 bits per heavy atom. The summed E-state index contributed by atoms with van der Waals surface area (Å²) in [5, 5.41) is 6.91. The highest BCUT2D eigenvalue weighted by atomic mass is 35.5. The van der Waals surface area contributed by atoms with Crippen molar-refractivity contribution in [2.24, 2.45) is 0 Å². The summed E-state index contributed by atoms with van der Waals surface area (Å²) in [4.78, 5) is 12.5. The summed E-state index contributed by atoms with van der Waals surface area (Å²) in [6.07, 6.45) is 0.867. The molecule has 6 nitrogen and oxygen atoms in total. The Labute approximate surface area is 132 Å². The first-order valence-electron chi connectivity index (χ1n) is 6.41. The smallest absolute Gasteiger partial charge is 0.323 e. The standard InChI is InChI=1S/C13H15Cl2N5O/c1-3-6-21-13-19-11(16-2)18-12(20-13)17-10-5-4-8(14)7-9(10)15/h4-5,7H,3,6H2,1-2H3,(H2,16,17,18,19,20). The fourth-order valence-corrected chi connectivity index (χ4v) is 1.95. The van der Waals surface area contributed by atoms with Gasteiger partial charge in [0.15, 0.2) is 0 Å². The third kappa shape index (κ3) is 4.34. The molecule has 0 unspecified atom stereocenters. The molecule has 112 valence electrons. The van der Waals surface area contributed by atoms with Gasteiger partial charge in [0, 0.05) is 12.1 Å². The van der Waals surface area contributed by atoms with Crippen LogP contribution in [0.5, 0.6) is 6.01 Å². The highest BCUT2D eigenvalue weighted by molar-refractivity contribution is 6.36. The van der Waals surface area contributed by atoms with Crippen molar-refractivity contribution in [3.05, 3.63) is 28.2 Å². The number of rotatable bonds is 6. The molecule has 0 aliphatic heterocycles. The van der Waals surface area contributed by atoms with Crippen LogP contribution < -0.4 is 15.4 Å². The fraction of sp³-hybridized carbons (Fsp3) is 0.308. The Kier molecular flexibility index (Phi) is 5.41. The van der Waals surface area contributed by atoms with Crippen LogP contribution in [0.4, 0.5) is 17.6 Å². The van der Waals surface area contributed by atoms with Gasteiger partial charge >= 0.3 is 6.01 Å². The number of aromatic nitrogens is 3. The molecular formula is C13H15Cl2N5O. The molecule has 8 heteroatoms. The van der Waals surface area contributed by atoms with Crippen molar-refractivity contribution in [2.75, 3.05) is 24.3 Å². The lowest BCUT2D eigenvalue weighted by atomic mass is 10.3. The summed E-state index contributed by atoms with van der Waals surface area (Å²) < 4.78 is 5.43. The van der Waals surface area contributed by atoms with Crippen molar-refractivity contribution in [1.29, 1.82) is 0 Å². The van der Waals surface area contributed by atoms with E-state index in [0.29, 0.717) is 34.2 Å². The van der Waals surface area contributed by atoms with Gasteiger partial charge < -0.3 is 15.4 Å². The van der Waals surface area contributed by atoms with E-state index in [2.05, 4.69) is 25.6 Å². The molecule has 0 aliphatic rings. The number of ether oxygens (including phenoxy) is 1. The van der Waals surface area contributed by atoms with E-state index in [-0.39, 0.29) is 6.01 Å². The minimum Gasteiger partial charge on any atom is -0.463 e. The van der Waals surface area contributed by atoms with Crippen molar-refractivity contribution in [1.82, 2.24) is 15.0 Å². The lowest BCUT2D eigenvalue weighted by Crippen LogP contribution is -2.07. The Hall–Kier alpha value is -1.79. The van der Waals surface area contributed by atoms with Gasteiger partial charge in [0.25, 0.3) is 0 Å². The lowest BCUT2D eigenvalue weighted by molar-refractivity contribution is 0.292. The Bertz CT molecular complexity index is 624. The average Bonchev–Trinajstić information content (AvgIpc) is 2.48. The molecular weight excluding hydrogens is 313 g/mol. The second-order valence-corrected chi connectivity index (χ2v) is 4.96. The zero-order valence-electron chi connectivity index (χ0n) is 11.7.